The summed E-state index contributed by atoms with van der Waals surface area (Å²) in [6.45, 7) is 6.94. The Labute approximate surface area is 65.3 Å². The van der Waals surface area contributed by atoms with E-state index in [-0.39, 0.29) is 7.43 Å². The molecule has 0 aromatic carbocycles. The monoisotopic (exact) mass is 140 g/mol. The van der Waals surface area contributed by atoms with Crippen LogP contribution in [0.1, 0.15) is 47.5 Å². The van der Waals surface area contributed by atoms with Crippen LogP contribution in [0.2, 0.25) is 0 Å². The third kappa shape index (κ3) is 2.55. The highest BCUT2D eigenvalue weighted by atomic mass is 14.2. The predicted molar refractivity (Wildman–Crippen MR) is 48.1 cm³/mol. The maximum Gasteiger partial charge on any atom is -0.0271 e. The van der Waals surface area contributed by atoms with Crippen LogP contribution in [-0.2, 0) is 0 Å². The molecule has 0 N–H and O–H groups in total. The Hall–Kier alpha value is -0.260. The Bertz CT molecular complexity index is 129. The van der Waals surface area contributed by atoms with Crippen LogP contribution in [0.15, 0.2) is 11.6 Å². The molecule has 0 amide bonds. The van der Waals surface area contributed by atoms with Crippen LogP contribution in [0.4, 0.5) is 0 Å². The molecule has 0 fully saturated rings. The molecule has 60 valence electrons. The van der Waals surface area contributed by atoms with Gasteiger partial charge in [-0.05, 0) is 31.6 Å². The van der Waals surface area contributed by atoms with E-state index in [9.17, 15) is 0 Å². The van der Waals surface area contributed by atoms with Crippen molar-refractivity contribution >= 4 is 0 Å². The lowest BCUT2D eigenvalue weighted by molar-refractivity contribution is 0.320. The predicted octanol–water partition coefficient (Wildman–Crippen LogP) is 3.78. The largest absolute Gasteiger partial charge is 0.0856 e. The van der Waals surface area contributed by atoms with Crippen LogP contribution < -0.4 is 0 Å². The highest BCUT2D eigenvalue weighted by molar-refractivity contribution is 5.05. The fraction of sp³-hybridized carbons (Fsp3) is 0.800. The molecule has 1 rings (SSSR count). The van der Waals surface area contributed by atoms with Gasteiger partial charge in [0.2, 0.25) is 0 Å². The van der Waals surface area contributed by atoms with Crippen LogP contribution in [0.5, 0.6) is 0 Å². The molecule has 1 aliphatic carbocycles. The first kappa shape index (κ1) is 9.74. The van der Waals surface area contributed by atoms with Gasteiger partial charge in [-0.3, -0.25) is 0 Å². The van der Waals surface area contributed by atoms with Crippen molar-refractivity contribution < 1.29 is 0 Å². The average Bonchev–Trinajstić information content (AvgIpc) is 1.60. The molecule has 0 atom stereocenters. The lowest BCUT2D eigenvalue weighted by Gasteiger charge is -2.28. The van der Waals surface area contributed by atoms with Gasteiger partial charge in [0.25, 0.3) is 0 Å². The van der Waals surface area contributed by atoms with Gasteiger partial charge >= 0.3 is 0 Å². The summed E-state index contributed by atoms with van der Waals surface area (Å²) in [6, 6.07) is 0. The van der Waals surface area contributed by atoms with Gasteiger partial charge in [0.05, 0.1) is 0 Å². The SMILES string of the molecule is C.CC1=CCCC(C)(C)C1. The molecule has 0 aliphatic heterocycles. The van der Waals surface area contributed by atoms with Crippen LogP contribution in [0.25, 0.3) is 0 Å². The molecule has 0 unspecified atom stereocenters. The van der Waals surface area contributed by atoms with Gasteiger partial charge in [-0.2, -0.15) is 0 Å². The number of allylic oxidation sites excluding steroid dienone is 2. The van der Waals surface area contributed by atoms with Crippen molar-refractivity contribution in [2.75, 3.05) is 0 Å². The molecule has 0 bridgehead atoms. The zero-order chi connectivity index (χ0) is 6.91. The van der Waals surface area contributed by atoms with Crippen LogP contribution in [0.3, 0.4) is 0 Å². The highest BCUT2D eigenvalue weighted by Gasteiger charge is 2.20. The van der Waals surface area contributed by atoms with Gasteiger partial charge < -0.3 is 0 Å². The topological polar surface area (TPSA) is 0 Å². The van der Waals surface area contributed by atoms with Crippen molar-refractivity contribution in [1.82, 2.24) is 0 Å². The maximum absolute atomic E-state index is 2.37. The molecule has 0 heteroatoms. The summed E-state index contributed by atoms with van der Waals surface area (Å²) in [4.78, 5) is 0. The van der Waals surface area contributed by atoms with Gasteiger partial charge in [-0.15, -0.1) is 0 Å². The zero-order valence-electron chi connectivity index (χ0n) is 6.70. The van der Waals surface area contributed by atoms with Crippen LogP contribution in [-0.4, -0.2) is 0 Å². The second kappa shape index (κ2) is 3.23. The molecule has 0 nitrogen and oxygen atoms in total. The molecule has 0 saturated carbocycles. The van der Waals surface area contributed by atoms with E-state index in [1.165, 1.54) is 19.3 Å². The van der Waals surface area contributed by atoms with E-state index in [1.54, 1.807) is 5.57 Å². The average molecular weight is 140 g/mol. The molecular weight excluding hydrogens is 120 g/mol. The van der Waals surface area contributed by atoms with E-state index in [1.807, 2.05) is 0 Å². The molecule has 1 aliphatic rings. The number of hydrogen-bond acceptors (Lipinski definition) is 0. The van der Waals surface area contributed by atoms with Crippen LogP contribution in [0, 0.1) is 5.41 Å². The summed E-state index contributed by atoms with van der Waals surface area (Å²) in [7, 11) is 0. The van der Waals surface area contributed by atoms with Crippen LogP contribution >= 0.6 is 0 Å². The Morgan fingerprint density at radius 2 is 2.00 bits per heavy atom. The lowest BCUT2D eigenvalue weighted by Crippen LogP contribution is -2.14. The molecule has 10 heavy (non-hydrogen) atoms. The second-order valence-corrected chi connectivity index (χ2v) is 3.93. The van der Waals surface area contributed by atoms with Crippen molar-refractivity contribution in [3.8, 4) is 0 Å². The number of rotatable bonds is 0. The van der Waals surface area contributed by atoms with E-state index in [4.69, 9.17) is 0 Å². The molecule has 0 spiro atoms. The van der Waals surface area contributed by atoms with E-state index < -0.39 is 0 Å². The van der Waals surface area contributed by atoms with Gasteiger partial charge in [0.15, 0.2) is 0 Å². The molecule has 0 radical (unpaired) electrons. The minimum absolute atomic E-state index is 0. The first-order chi connectivity index (χ1) is 4.10. The summed E-state index contributed by atoms with van der Waals surface area (Å²) in [6.07, 6.45) is 6.32. The van der Waals surface area contributed by atoms with Crippen molar-refractivity contribution in [1.29, 1.82) is 0 Å². The zero-order valence-corrected chi connectivity index (χ0v) is 6.70. The third-order valence-corrected chi connectivity index (χ3v) is 2.07. The Kier molecular flexibility index (Phi) is 3.14. The standard InChI is InChI=1S/C9H16.CH4/c1-8-5-4-6-9(2,3)7-8;/h5H,4,6-7H2,1-3H3;1H4. The Morgan fingerprint density at radius 1 is 1.40 bits per heavy atom. The highest BCUT2D eigenvalue weighted by Crippen LogP contribution is 2.34. The Balaban J connectivity index is 0.000000810. The molecule has 0 saturated heterocycles. The Morgan fingerprint density at radius 3 is 2.30 bits per heavy atom. The lowest BCUT2D eigenvalue weighted by atomic mass is 9.78. The minimum Gasteiger partial charge on any atom is -0.0856 e. The minimum atomic E-state index is 0. The molecular formula is C10H20. The quantitative estimate of drug-likeness (QED) is 0.449. The maximum atomic E-state index is 2.37. The first-order valence-electron chi connectivity index (χ1n) is 3.76. The van der Waals surface area contributed by atoms with E-state index in [2.05, 4.69) is 26.8 Å². The normalized spacial score (nSPS) is 22.9. The third-order valence-electron chi connectivity index (χ3n) is 2.07. The smallest absolute Gasteiger partial charge is 0.0271 e. The van der Waals surface area contributed by atoms with E-state index >= 15 is 0 Å². The second-order valence-electron chi connectivity index (χ2n) is 3.93. The first-order valence-corrected chi connectivity index (χ1v) is 3.76. The van der Waals surface area contributed by atoms with Crippen molar-refractivity contribution in [2.45, 2.75) is 47.5 Å². The fourth-order valence-corrected chi connectivity index (χ4v) is 1.62. The summed E-state index contributed by atoms with van der Waals surface area (Å²) < 4.78 is 0. The van der Waals surface area contributed by atoms with Gasteiger partial charge in [0.1, 0.15) is 0 Å². The van der Waals surface area contributed by atoms with Gasteiger partial charge in [-0.1, -0.05) is 32.9 Å². The van der Waals surface area contributed by atoms with E-state index in [0.29, 0.717) is 5.41 Å². The van der Waals surface area contributed by atoms with Crippen molar-refractivity contribution in [3.63, 3.8) is 0 Å². The van der Waals surface area contributed by atoms with Crippen molar-refractivity contribution in [2.24, 2.45) is 5.41 Å². The molecule has 0 heterocycles. The van der Waals surface area contributed by atoms with Gasteiger partial charge in [0, 0.05) is 0 Å². The summed E-state index contributed by atoms with van der Waals surface area (Å²) >= 11 is 0. The van der Waals surface area contributed by atoms with E-state index in [0.717, 1.165) is 0 Å². The summed E-state index contributed by atoms with van der Waals surface area (Å²) in [5.74, 6) is 0. The summed E-state index contributed by atoms with van der Waals surface area (Å²) in [5.41, 5.74) is 2.16. The van der Waals surface area contributed by atoms with Crippen molar-refractivity contribution in [3.05, 3.63) is 11.6 Å². The summed E-state index contributed by atoms with van der Waals surface area (Å²) in [5, 5.41) is 0. The number of hydrogen-bond donors (Lipinski definition) is 0. The van der Waals surface area contributed by atoms with Gasteiger partial charge in [-0.25, -0.2) is 0 Å². The molecule has 0 aromatic rings. The molecule has 0 aromatic heterocycles. The fourth-order valence-electron chi connectivity index (χ4n) is 1.62.